The van der Waals surface area contributed by atoms with Crippen molar-refractivity contribution < 1.29 is 19.1 Å². The van der Waals surface area contributed by atoms with Crippen molar-refractivity contribution >= 4 is 11.8 Å². The Labute approximate surface area is 173 Å². The lowest BCUT2D eigenvalue weighted by Gasteiger charge is -2.36. The first-order valence-corrected chi connectivity index (χ1v) is 10.7. The number of rotatable bonds is 6. The lowest BCUT2D eigenvalue weighted by Crippen LogP contribution is -2.53. The molecule has 0 aromatic heterocycles. The van der Waals surface area contributed by atoms with Gasteiger partial charge in [-0.05, 0) is 44.0 Å². The smallest absolute Gasteiger partial charge is 0.263 e. The van der Waals surface area contributed by atoms with Gasteiger partial charge >= 0.3 is 0 Å². The molecule has 1 atom stereocenters. The van der Waals surface area contributed by atoms with Crippen LogP contribution >= 0.6 is 0 Å². The molecule has 2 amide bonds. The zero-order valence-electron chi connectivity index (χ0n) is 17.6. The summed E-state index contributed by atoms with van der Waals surface area (Å²) < 4.78 is 10.9. The number of amides is 2. The minimum absolute atomic E-state index is 0.0145. The molecule has 7 nitrogen and oxygen atoms in total. The highest BCUT2D eigenvalue weighted by molar-refractivity contribution is 5.81. The number of nitrogens with zero attached hydrogens (tertiary/aromatic N) is 3. The molecule has 0 saturated carbocycles. The topological polar surface area (TPSA) is 62.3 Å². The van der Waals surface area contributed by atoms with Crippen LogP contribution in [0.25, 0.3) is 0 Å². The number of piperazine rings is 1. The molecule has 160 valence electrons. The molecule has 2 aliphatic rings. The number of carbonyl (C=O) groups excluding carboxylic acids is 2. The van der Waals surface area contributed by atoms with E-state index in [1.165, 1.54) is 12.8 Å². The van der Waals surface area contributed by atoms with Gasteiger partial charge in [0.25, 0.3) is 5.91 Å². The summed E-state index contributed by atoms with van der Waals surface area (Å²) in [5.74, 6) is 1.61. The maximum atomic E-state index is 12.7. The largest absolute Gasteiger partial charge is 0.497 e. The standard InChI is InChI=1S/C22H33N3O4/c1-18(29-20-9-7-19(28-2)8-10-20)22(27)25-15-13-23(14-16-25)17-21(26)24-11-5-3-4-6-12-24/h7-10,18H,3-6,11-17H2,1-2H3. The number of carbonyl (C=O) groups is 2. The highest BCUT2D eigenvalue weighted by Crippen LogP contribution is 2.19. The Morgan fingerprint density at radius 1 is 0.862 bits per heavy atom. The van der Waals surface area contributed by atoms with Crippen molar-refractivity contribution in [2.75, 3.05) is 52.9 Å². The fourth-order valence-corrected chi connectivity index (χ4v) is 3.90. The van der Waals surface area contributed by atoms with E-state index in [4.69, 9.17) is 9.47 Å². The highest BCUT2D eigenvalue weighted by atomic mass is 16.5. The molecular weight excluding hydrogens is 370 g/mol. The molecule has 3 rings (SSSR count). The molecule has 0 aliphatic carbocycles. The van der Waals surface area contributed by atoms with Gasteiger partial charge < -0.3 is 19.3 Å². The van der Waals surface area contributed by atoms with Gasteiger partial charge in [0.1, 0.15) is 11.5 Å². The van der Waals surface area contributed by atoms with Crippen LogP contribution in [-0.2, 0) is 9.59 Å². The van der Waals surface area contributed by atoms with E-state index >= 15 is 0 Å². The zero-order valence-corrected chi connectivity index (χ0v) is 17.6. The van der Waals surface area contributed by atoms with Crippen molar-refractivity contribution in [3.63, 3.8) is 0 Å². The van der Waals surface area contributed by atoms with Crippen molar-refractivity contribution in [1.82, 2.24) is 14.7 Å². The number of methoxy groups -OCH3 is 1. The number of hydrogen-bond donors (Lipinski definition) is 0. The van der Waals surface area contributed by atoms with Crippen LogP contribution in [0.1, 0.15) is 32.6 Å². The van der Waals surface area contributed by atoms with Gasteiger partial charge in [0.2, 0.25) is 5.91 Å². The maximum absolute atomic E-state index is 12.7. The second kappa shape index (κ2) is 10.5. The van der Waals surface area contributed by atoms with Gasteiger partial charge in [0, 0.05) is 39.3 Å². The third-order valence-corrected chi connectivity index (χ3v) is 5.72. The summed E-state index contributed by atoms with van der Waals surface area (Å²) in [5, 5.41) is 0. The number of benzene rings is 1. The van der Waals surface area contributed by atoms with Crippen molar-refractivity contribution in [2.24, 2.45) is 0 Å². The van der Waals surface area contributed by atoms with Gasteiger partial charge in [-0.15, -0.1) is 0 Å². The number of likely N-dealkylation sites (tertiary alicyclic amines) is 1. The van der Waals surface area contributed by atoms with E-state index in [1.807, 2.05) is 21.9 Å². The molecule has 1 aromatic rings. The second-order valence-electron chi connectivity index (χ2n) is 7.83. The van der Waals surface area contributed by atoms with E-state index in [9.17, 15) is 9.59 Å². The molecule has 2 heterocycles. The predicted octanol–water partition coefficient (Wildman–Crippen LogP) is 2.01. The summed E-state index contributed by atoms with van der Waals surface area (Å²) >= 11 is 0. The van der Waals surface area contributed by atoms with E-state index in [1.54, 1.807) is 26.2 Å². The lowest BCUT2D eigenvalue weighted by molar-refractivity contribution is -0.140. The Bertz CT molecular complexity index is 663. The Morgan fingerprint density at radius 3 is 2.03 bits per heavy atom. The monoisotopic (exact) mass is 403 g/mol. The zero-order chi connectivity index (χ0) is 20.6. The van der Waals surface area contributed by atoms with Crippen LogP contribution in [0.2, 0.25) is 0 Å². The minimum Gasteiger partial charge on any atom is -0.497 e. The summed E-state index contributed by atoms with van der Waals surface area (Å²) in [6.07, 6.45) is 4.12. The van der Waals surface area contributed by atoms with Crippen LogP contribution in [-0.4, -0.2) is 85.5 Å². The average molecular weight is 404 g/mol. The van der Waals surface area contributed by atoms with Crippen LogP contribution in [0, 0.1) is 0 Å². The Morgan fingerprint density at radius 2 is 1.45 bits per heavy atom. The van der Waals surface area contributed by atoms with Crippen LogP contribution < -0.4 is 9.47 Å². The molecule has 2 aliphatic heterocycles. The quantitative estimate of drug-likeness (QED) is 0.727. The van der Waals surface area contributed by atoms with Crippen molar-refractivity contribution in [3.8, 4) is 11.5 Å². The molecule has 0 spiro atoms. The van der Waals surface area contributed by atoms with Crippen LogP contribution in [0.3, 0.4) is 0 Å². The summed E-state index contributed by atoms with van der Waals surface area (Å²) in [4.78, 5) is 31.3. The molecule has 1 unspecified atom stereocenters. The first kappa shape index (κ1) is 21.4. The molecule has 2 fully saturated rings. The Balaban J connectivity index is 1.42. The average Bonchev–Trinajstić information content (AvgIpc) is 3.04. The van der Waals surface area contributed by atoms with Crippen molar-refractivity contribution in [2.45, 2.75) is 38.7 Å². The highest BCUT2D eigenvalue weighted by Gasteiger charge is 2.27. The number of hydrogen-bond acceptors (Lipinski definition) is 5. The Hall–Kier alpha value is -2.28. The van der Waals surface area contributed by atoms with E-state index in [0.29, 0.717) is 25.4 Å². The SMILES string of the molecule is COc1ccc(OC(C)C(=O)N2CCN(CC(=O)N3CCCCCC3)CC2)cc1. The van der Waals surface area contributed by atoms with Crippen molar-refractivity contribution in [1.29, 1.82) is 0 Å². The summed E-state index contributed by atoms with van der Waals surface area (Å²) in [7, 11) is 1.61. The molecule has 0 bridgehead atoms. The third kappa shape index (κ3) is 6.10. The predicted molar refractivity (Wildman–Crippen MR) is 111 cm³/mol. The lowest BCUT2D eigenvalue weighted by atomic mass is 10.2. The van der Waals surface area contributed by atoms with Gasteiger partial charge in [0.05, 0.1) is 13.7 Å². The fraction of sp³-hybridized carbons (Fsp3) is 0.636. The molecule has 0 N–H and O–H groups in total. The van der Waals surface area contributed by atoms with Crippen LogP contribution in [0.5, 0.6) is 11.5 Å². The third-order valence-electron chi connectivity index (χ3n) is 5.72. The minimum atomic E-state index is -0.548. The first-order valence-electron chi connectivity index (χ1n) is 10.7. The number of ether oxygens (including phenoxy) is 2. The molecule has 7 heteroatoms. The summed E-state index contributed by atoms with van der Waals surface area (Å²) in [6, 6.07) is 7.23. The second-order valence-corrected chi connectivity index (χ2v) is 7.83. The molecule has 2 saturated heterocycles. The van der Waals surface area contributed by atoms with Crippen LogP contribution in [0.4, 0.5) is 0 Å². The van der Waals surface area contributed by atoms with Gasteiger partial charge in [-0.1, -0.05) is 12.8 Å². The van der Waals surface area contributed by atoms with E-state index < -0.39 is 6.10 Å². The van der Waals surface area contributed by atoms with Gasteiger partial charge in [-0.3, -0.25) is 14.5 Å². The summed E-state index contributed by atoms with van der Waals surface area (Å²) in [6.45, 7) is 6.71. The molecule has 29 heavy (non-hydrogen) atoms. The fourth-order valence-electron chi connectivity index (χ4n) is 3.90. The maximum Gasteiger partial charge on any atom is 0.263 e. The normalized spacial score (nSPS) is 19.4. The van der Waals surface area contributed by atoms with Gasteiger partial charge in [-0.2, -0.15) is 0 Å². The molecule has 1 aromatic carbocycles. The van der Waals surface area contributed by atoms with E-state index in [2.05, 4.69) is 4.90 Å². The van der Waals surface area contributed by atoms with Gasteiger partial charge in [-0.25, -0.2) is 0 Å². The van der Waals surface area contributed by atoms with E-state index in [0.717, 1.165) is 44.8 Å². The molecule has 0 radical (unpaired) electrons. The van der Waals surface area contributed by atoms with Crippen LogP contribution in [0.15, 0.2) is 24.3 Å². The first-order chi connectivity index (χ1) is 14.1. The van der Waals surface area contributed by atoms with Gasteiger partial charge in [0.15, 0.2) is 6.10 Å². The van der Waals surface area contributed by atoms with Crippen molar-refractivity contribution in [3.05, 3.63) is 24.3 Å². The van der Waals surface area contributed by atoms with E-state index in [-0.39, 0.29) is 11.8 Å². The Kier molecular flexibility index (Phi) is 7.75. The molecular formula is C22H33N3O4. The summed E-state index contributed by atoms with van der Waals surface area (Å²) in [5.41, 5.74) is 0.